The molecule has 0 bridgehead atoms. The summed E-state index contributed by atoms with van der Waals surface area (Å²) in [7, 11) is -0.429. The van der Waals surface area contributed by atoms with Gasteiger partial charge in [-0.25, -0.2) is 0 Å². The zero-order valence-electron chi connectivity index (χ0n) is 32.0. The number of aryl methyl sites for hydroxylation is 6. The number of halogens is 2. The van der Waals surface area contributed by atoms with E-state index >= 15 is 0 Å². The summed E-state index contributed by atoms with van der Waals surface area (Å²) in [5, 5.41) is -0.241. The molecule has 4 fully saturated rings. The van der Waals surface area contributed by atoms with Crippen molar-refractivity contribution >= 4 is 42.5 Å². The molecule has 3 saturated carbocycles. The van der Waals surface area contributed by atoms with Gasteiger partial charge in [-0.1, -0.05) is 99.6 Å². The molecular formula is C44H61Cl2N2PRu. The third-order valence-corrected chi connectivity index (χ3v) is 17.2. The van der Waals surface area contributed by atoms with Gasteiger partial charge in [-0.3, -0.25) is 0 Å². The normalized spacial score (nSPS) is 24.7. The number of anilines is 2. The summed E-state index contributed by atoms with van der Waals surface area (Å²) in [6, 6.07) is 9.39. The minimum Gasteiger partial charge on any atom is -0.325 e. The Morgan fingerprint density at radius 1 is 0.720 bits per heavy atom. The molecule has 0 amide bonds. The van der Waals surface area contributed by atoms with E-state index in [-0.39, 0.29) is 29.5 Å². The van der Waals surface area contributed by atoms with E-state index in [9.17, 15) is 0 Å². The van der Waals surface area contributed by atoms with Crippen LogP contribution in [-0.4, -0.2) is 34.4 Å². The second-order valence-corrected chi connectivity index (χ2v) is 20.5. The van der Waals surface area contributed by atoms with Crippen molar-refractivity contribution in [3.05, 3.63) is 92.3 Å². The van der Waals surface area contributed by atoms with Crippen LogP contribution in [0, 0.1) is 41.5 Å². The van der Waals surface area contributed by atoms with E-state index in [1.54, 1.807) is 0 Å². The molecule has 1 heterocycles. The quantitative estimate of drug-likeness (QED) is 0.163. The number of alkyl halides is 2. The summed E-state index contributed by atoms with van der Waals surface area (Å²) in [5.41, 5.74) is 16.1. The Labute approximate surface area is 329 Å². The van der Waals surface area contributed by atoms with Crippen LogP contribution in [0.15, 0.2) is 59.0 Å². The van der Waals surface area contributed by atoms with Crippen molar-refractivity contribution in [1.29, 1.82) is 0 Å². The molecule has 1 aliphatic heterocycles. The zero-order valence-corrected chi connectivity index (χ0v) is 36.2. The number of rotatable bonds is 6. The van der Waals surface area contributed by atoms with Crippen molar-refractivity contribution in [2.24, 2.45) is 0 Å². The molecule has 0 spiro atoms. The van der Waals surface area contributed by atoms with Gasteiger partial charge in [0, 0.05) is 43.9 Å². The van der Waals surface area contributed by atoms with E-state index < -0.39 is 7.92 Å². The molecule has 2 atom stereocenters. The Hall–Kier alpha value is -1.11. The summed E-state index contributed by atoms with van der Waals surface area (Å²) in [4.78, 5) is 5.25. The van der Waals surface area contributed by atoms with Crippen LogP contribution < -0.4 is 9.80 Å². The van der Waals surface area contributed by atoms with Crippen LogP contribution in [-0.2, 0) is 19.5 Å². The largest absolute Gasteiger partial charge is 0.325 e. The SMILES string of the molecule is CC(C)=CC=C1C(Cl)C(=C2N(c3c(C)cc(C)cc3C)CCN2c2c(C)cc(C)cc2C)CCC1(Cl)P(C1CCCCC1)C1CCCCC1.[Ru]. The van der Waals surface area contributed by atoms with Gasteiger partial charge < -0.3 is 9.80 Å². The van der Waals surface area contributed by atoms with Crippen LogP contribution in [0.2, 0.25) is 0 Å². The Morgan fingerprint density at radius 2 is 1.14 bits per heavy atom. The van der Waals surface area contributed by atoms with Gasteiger partial charge in [-0.2, -0.15) is 0 Å². The van der Waals surface area contributed by atoms with Crippen LogP contribution >= 0.6 is 31.1 Å². The zero-order chi connectivity index (χ0) is 35.0. The minimum absolute atomic E-state index is 0. The first-order chi connectivity index (χ1) is 23.4. The first kappa shape index (κ1) is 40.1. The van der Waals surface area contributed by atoms with Gasteiger partial charge in [0.15, 0.2) is 0 Å². The van der Waals surface area contributed by atoms with Crippen LogP contribution in [0.3, 0.4) is 0 Å². The molecule has 2 aromatic carbocycles. The molecule has 4 aliphatic rings. The van der Waals surface area contributed by atoms with Crippen LogP contribution in [0.1, 0.15) is 124 Å². The Morgan fingerprint density at radius 3 is 1.54 bits per heavy atom. The van der Waals surface area contributed by atoms with E-state index in [4.69, 9.17) is 23.2 Å². The molecule has 1 saturated heterocycles. The fourth-order valence-corrected chi connectivity index (χ4v) is 16.2. The first-order valence-corrected chi connectivity index (χ1v) is 21.6. The minimum atomic E-state index is -0.429. The number of hydrogen-bond acceptors (Lipinski definition) is 2. The van der Waals surface area contributed by atoms with Crippen molar-refractivity contribution in [2.45, 2.75) is 154 Å². The van der Waals surface area contributed by atoms with Gasteiger partial charge in [-0.15, -0.1) is 23.2 Å². The molecule has 274 valence electrons. The van der Waals surface area contributed by atoms with E-state index in [2.05, 4.69) is 102 Å². The maximum atomic E-state index is 8.36. The van der Waals surface area contributed by atoms with E-state index in [0.717, 1.165) is 37.2 Å². The maximum Gasteiger partial charge on any atom is 0.114 e. The molecule has 6 rings (SSSR count). The maximum absolute atomic E-state index is 8.36. The fraction of sp³-hybridized carbons (Fsp3) is 0.591. The average Bonchev–Trinajstić information content (AvgIpc) is 3.44. The number of allylic oxidation sites excluding steroid dienone is 5. The summed E-state index contributed by atoms with van der Waals surface area (Å²) in [6.07, 6.45) is 20.3. The molecule has 2 unspecified atom stereocenters. The van der Waals surface area contributed by atoms with Gasteiger partial charge in [0.2, 0.25) is 0 Å². The summed E-state index contributed by atoms with van der Waals surface area (Å²) in [6.45, 7) is 19.9. The average molecular weight is 821 g/mol. The molecule has 50 heavy (non-hydrogen) atoms. The predicted octanol–water partition coefficient (Wildman–Crippen LogP) is 13.4. The molecule has 2 nitrogen and oxygen atoms in total. The van der Waals surface area contributed by atoms with Crippen LogP contribution in [0.4, 0.5) is 11.4 Å². The topological polar surface area (TPSA) is 6.48 Å². The molecule has 0 radical (unpaired) electrons. The molecular weight excluding hydrogens is 759 g/mol. The number of benzene rings is 2. The van der Waals surface area contributed by atoms with Crippen molar-refractivity contribution in [3.8, 4) is 0 Å². The van der Waals surface area contributed by atoms with Crippen LogP contribution in [0.25, 0.3) is 0 Å². The van der Waals surface area contributed by atoms with Crippen molar-refractivity contribution in [3.63, 3.8) is 0 Å². The van der Waals surface area contributed by atoms with E-state index in [1.807, 2.05) is 0 Å². The number of hydrogen-bond donors (Lipinski definition) is 0. The second-order valence-electron chi connectivity index (χ2n) is 16.1. The molecule has 0 N–H and O–H groups in total. The number of nitrogens with zero attached hydrogens (tertiary/aromatic N) is 2. The van der Waals surface area contributed by atoms with Crippen molar-refractivity contribution < 1.29 is 19.5 Å². The smallest absolute Gasteiger partial charge is 0.114 e. The molecule has 6 heteroatoms. The summed E-state index contributed by atoms with van der Waals surface area (Å²) in [5.74, 6) is 1.30. The van der Waals surface area contributed by atoms with Gasteiger partial charge in [0.05, 0.1) is 9.99 Å². The molecule has 2 aromatic rings. The summed E-state index contributed by atoms with van der Waals surface area (Å²) >= 11 is 16.4. The third kappa shape index (κ3) is 8.03. The van der Waals surface area contributed by atoms with E-state index in [1.165, 1.54) is 132 Å². The van der Waals surface area contributed by atoms with Gasteiger partial charge in [0.25, 0.3) is 0 Å². The standard InChI is InChI=1S/C44H61Cl2N2P.Ru/c1-29(2)19-20-39-40(45)38(21-22-44(39,46)49(36-15-11-9-12-16-36)37-17-13-10-14-18-37)43-47(41-32(5)25-30(3)26-33(41)6)23-24-48(43)42-34(7)27-31(4)28-35(42)8;/h19-20,25-28,36-37,40H,9-18,21-24H2,1-8H3;. The first-order valence-electron chi connectivity index (χ1n) is 19.3. The van der Waals surface area contributed by atoms with Gasteiger partial charge in [-0.05, 0) is 139 Å². The fourth-order valence-electron chi connectivity index (χ4n) is 10.1. The monoisotopic (exact) mass is 820 g/mol. The molecule has 3 aliphatic carbocycles. The van der Waals surface area contributed by atoms with Gasteiger partial charge in [0.1, 0.15) is 5.82 Å². The van der Waals surface area contributed by atoms with Crippen molar-refractivity contribution in [2.75, 3.05) is 22.9 Å². The summed E-state index contributed by atoms with van der Waals surface area (Å²) < 4.78 is -0.360. The molecule has 0 aromatic heterocycles. The Bertz CT molecular complexity index is 1500. The second kappa shape index (κ2) is 16.9. The van der Waals surface area contributed by atoms with Gasteiger partial charge >= 0.3 is 0 Å². The Kier molecular flexibility index (Phi) is 13.6. The predicted molar refractivity (Wildman–Crippen MR) is 219 cm³/mol. The third-order valence-electron chi connectivity index (χ3n) is 11.8. The Balaban J connectivity index is 0.00000486. The van der Waals surface area contributed by atoms with E-state index in [0.29, 0.717) is 0 Å². The van der Waals surface area contributed by atoms with Crippen molar-refractivity contribution in [1.82, 2.24) is 0 Å². The van der Waals surface area contributed by atoms with Crippen LogP contribution in [0.5, 0.6) is 0 Å².